The highest BCUT2D eigenvalue weighted by Crippen LogP contribution is 2.24. The van der Waals surface area contributed by atoms with Crippen LogP contribution < -0.4 is 5.73 Å². The molecule has 0 aliphatic carbocycles. The number of rotatable bonds is 2. The molecule has 0 aromatic heterocycles. The molecule has 1 aliphatic rings. The molecule has 1 aromatic carbocycles. The predicted octanol–water partition coefficient (Wildman–Crippen LogP) is 2.87. The summed E-state index contributed by atoms with van der Waals surface area (Å²) >= 11 is 7.90. The van der Waals surface area contributed by atoms with Gasteiger partial charge < -0.3 is 10.6 Å². The van der Waals surface area contributed by atoms with Gasteiger partial charge in [-0.05, 0) is 25.0 Å². The van der Waals surface area contributed by atoms with Crippen molar-refractivity contribution in [2.75, 3.05) is 13.1 Å². The zero-order chi connectivity index (χ0) is 14.9. The molecule has 0 unspecified atom stereocenters. The molecule has 1 saturated heterocycles. The van der Waals surface area contributed by atoms with E-state index in [1.165, 1.54) is 4.90 Å². The second-order valence-corrected chi connectivity index (χ2v) is 6.10. The van der Waals surface area contributed by atoms with Crippen molar-refractivity contribution in [3.05, 3.63) is 33.8 Å². The second kappa shape index (κ2) is 6.13. The lowest BCUT2D eigenvalue weighted by atomic mass is 9.96. The monoisotopic (exact) mass is 362 g/mol. The number of hydrogen-bond acceptors (Lipinski definition) is 2. The minimum atomic E-state index is -0.863. The molecule has 0 atom stereocenters. The van der Waals surface area contributed by atoms with Gasteiger partial charge >= 0.3 is 0 Å². The molecule has 7 heteroatoms. The Hall–Kier alpha value is -1.08. The molecule has 108 valence electrons. The molecule has 0 spiro atoms. The van der Waals surface area contributed by atoms with Gasteiger partial charge in [-0.25, -0.2) is 8.78 Å². The van der Waals surface area contributed by atoms with E-state index in [2.05, 4.69) is 15.9 Å². The number of piperidine rings is 1. The van der Waals surface area contributed by atoms with Crippen LogP contribution >= 0.6 is 28.1 Å². The highest BCUT2D eigenvalue weighted by Gasteiger charge is 2.28. The van der Waals surface area contributed by atoms with Gasteiger partial charge in [0.15, 0.2) is 0 Å². The van der Waals surface area contributed by atoms with Crippen molar-refractivity contribution < 1.29 is 13.6 Å². The van der Waals surface area contributed by atoms with E-state index in [-0.39, 0.29) is 10.4 Å². The highest BCUT2D eigenvalue weighted by atomic mass is 79.9. The van der Waals surface area contributed by atoms with Gasteiger partial charge in [0.2, 0.25) is 0 Å². The van der Waals surface area contributed by atoms with Crippen molar-refractivity contribution in [1.82, 2.24) is 4.90 Å². The van der Waals surface area contributed by atoms with Crippen LogP contribution in [0.1, 0.15) is 23.2 Å². The molecule has 1 aromatic rings. The Morgan fingerprint density at radius 2 is 1.80 bits per heavy atom. The van der Waals surface area contributed by atoms with Gasteiger partial charge in [-0.15, -0.1) is 0 Å². The minimum Gasteiger partial charge on any atom is -0.393 e. The quantitative estimate of drug-likeness (QED) is 0.822. The summed E-state index contributed by atoms with van der Waals surface area (Å²) in [4.78, 5) is 14.1. The standard InChI is InChI=1S/C13H13BrF2N2OS/c14-8-5-9(15)11(10(16)6-8)13(19)18-3-1-7(2-4-18)12(17)20/h5-7H,1-4H2,(H2,17,20). The number of likely N-dealkylation sites (tertiary alicyclic amines) is 1. The summed E-state index contributed by atoms with van der Waals surface area (Å²) < 4.78 is 27.8. The van der Waals surface area contributed by atoms with Gasteiger partial charge in [0.05, 0.1) is 4.99 Å². The Labute approximate surface area is 129 Å². The third-order valence-corrected chi connectivity index (χ3v) is 4.20. The van der Waals surface area contributed by atoms with Crippen molar-refractivity contribution in [2.24, 2.45) is 11.7 Å². The molecular weight excluding hydrogens is 350 g/mol. The van der Waals surface area contributed by atoms with Crippen LogP contribution in [-0.2, 0) is 0 Å². The number of nitrogens with two attached hydrogens (primary N) is 1. The smallest absolute Gasteiger partial charge is 0.259 e. The fourth-order valence-corrected chi connectivity index (χ4v) is 2.91. The van der Waals surface area contributed by atoms with Gasteiger partial charge in [-0.3, -0.25) is 4.79 Å². The Balaban J connectivity index is 2.16. The molecule has 1 amide bonds. The first kappa shape index (κ1) is 15.3. The van der Waals surface area contributed by atoms with E-state index in [1.807, 2.05) is 0 Å². The van der Waals surface area contributed by atoms with Crippen LogP contribution in [0.2, 0.25) is 0 Å². The summed E-state index contributed by atoms with van der Waals surface area (Å²) in [7, 11) is 0. The van der Waals surface area contributed by atoms with Crippen LogP contribution in [0, 0.1) is 17.6 Å². The molecule has 1 aliphatic heterocycles. The molecule has 1 heterocycles. The number of carbonyl (C=O) groups is 1. The molecule has 0 radical (unpaired) electrons. The minimum absolute atomic E-state index is 0.0914. The van der Waals surface area contributed by atoms with Crippen LogP contribution in [0.15, 0.2) is 16.6 Å². The first-order valence-corrected chi connectivity index (χ1v) is 7.33. The second-order valence-electron chi connectivity index (χ2n) is 4.71. The highest BCUT2D eigenvalue weighted by molar-refractivity contribution is 9.10. The fourth-order valence-electron chi connectivity index (χ4n) is 2.27. The molecule has 2 N–H and O–H groups in total. The lowest BCUT2D eigenvalue weighted by molar-refractivity contribution is 0.0700. The Morgan fingerprint density at radius 1 is 1.30 bits per heavy atom. The maximum Gasteiger partial charge on any atom is 0.259 e. The number of nitrogens with zero attached hydrogens (tertiary/aromatic N) is 1. The summed E-state index contributed by atoms with van der Waals surface area (Å²) in [5.41, 5.74) is 5.06. The lowest BCUT2D eigenvalue weighted by Crippen LogP contribution is -2.41. The largest absolute Gasteiger partial charge is 0.393 e. The third-order valence-electron chi connectivity index (χ3n) is 3.41. The van der Waals surface area contributed by atoms with Crippen LogP contribution in [0.3, 0.4) is 0 Å². The van der Waals surface area contributed by atoms with Crippen LogP contribution in [-0.4, -0.2) is 28.9 Å². The zero-order valence-electron chi connectivity index (χ0n) is 10.5. The van der Waals surface area contributed by atoms with Crippen molar-refractivity contribution in [3.8, 4) is 0 Å². The SMILES string of the molecule is NC(=S)C1CCN(C(=O)c2c(F)cc(Br)cc2F)CC1. The first-order chi connectivity index (χ1) is 9.40. The van der Waals surface area contributed by atoms with Crippen molar-refractivity contribution in [1.29, 1.82) is 0 Å². The summed E-state index contributed by atoms with van der Waals surface area (Å²) in [5, 5.41) is 0. The molecule has 2 rings (SSSR count). The summed E-state index contributed by atoms with van der Waals surface area (Å²) in [5.74, 6) is -2.26. The Kier molecular flexibility index (Phi) is 4.70. The first-order valence-electron chi connectivity index (χ1n) is 6.13. The van der Waals surface area contributed by atoms with Gasteiger partial charge in [0.25, 0.3) is 5.91 Å². The maximum atomic E-state index is 13.8. The van der Waals surface area contributed by atoms with Gasteiger partial charge in [-0.2, -0.15) is 0 Å². The molecule has 3 nitrogen and oxygen atoms in total. The van der Waals surface area contributed by atoms with Crippen molar-refractivity contribution in [3.63, 3.8) is 0 Å². The molecule has 1 fully saturated rings. The van der Waals surface area contributed by atoms with Crippen LogP contribution in [0.25, 0.3) is 0 Å². The number of benzene rings is 1. The predicted molar refractivity (Wildman–Crippen MR) is 79.5 cm³/mol. The molecule has 0 bridgehead atoms. The topological polar surface area (TPSA) is 46.3 Å². The molecule has 20 heavy (non-hydrogen) atoms. The van der Waals surface area contributed by atoms with Gasteiger partial charge in [0.1, 0.15) is 17.2 Å². The van der Waals surface area contributed by atoms with E-state index < -0.39 is 23.1 Å². The van der Waals surface area contributed by atoms with E-state index in [4.69, 9.17) is 18.0 Å². The van der Waals surface area contributed by atoms with E-state index in [1.54, 1.807) is 0 Å². The number of halogens is 3. The molecule has 0 saturated carbocycles. The third kappa shape index (κ3) is 3.15. The van der Waals surface area contributed by atoms with E-state index in [9.17, 15) is 13.6 Å². The molecular formula is C13H13BrF2N2OS. The summed E-state index contributed by atoms with van der Waals surface area (Å²) in [6.45, 7) is 0.797. The Bertz CT molecular complexity index is 536. The van der Waals surface area contributed by atoms with E-state index in [0.29, 0.717) is 30.9 Å². The zero-order valence-corrected chi connectivity index (χ0v) is 12.9. The average molecular weight is 363 g/mol. The normalized spacial score (nSPS) is 16.2. The van der Waals surface area contributed by atoms with E-state index in [0.717, 1.165) is 12.1 Å². The Morgan fingerprint density at radius 3 is 2.25 bits per heavy atom. The maximum absolute atomic E-state index is 13.8. The van der Waals surface area contributed by atoms with Crippen molar-refractivity contribution in [2.45, 2.75) is 12.8 Å². The summed E-state index contributed by atoms with van der Waals surface area (Å²) in [6.07, 6.45) is 1.25. The van der Waals surface area contributed by atoms with Gasteiger partial charge in [-0.1, -0.05) is 28.1 Å². The van der Waals surface area contributed by atoms with Crippen LogP contribution in [0.4, 0.5) is 8.78 Å². The van der Waals surface area contributed by atoms with Crippen molar-refractivity contribution >= 4 is 39.0 Å². The lowest BCUT2D eigenvalue weighted by Gasteiger charge is -2.31. The summed E-state index contributed by atoms with van der Waals surface area (Å²) in [6, 6.07) is 2.16. The number of thiocarbonyl (C=S) groups is 1. The van der Waals surface area contributed by atoms with E-state index >= 15 is 0 Å². The van der Waals surface area contributed by atoms with Crippen LogP contribution in [0.5, 0.6) is 0 Å². The van der Waals surface area contributed by atoms with Gasteiger partial charge in [0, 0.05) is 23.5 Å². The number of hydrogen-bond donors (Lipinski definition) is 1. The number of amides is 1. The fraction of sp³-hybridized carbons (Fsp3) is 0.385. The number of carbonyl (C=O) groups excluding carboxylic acids is 1. The average Bonchev–Trinajstić information content (AvgIpc) is 2.37.